The molecule has 1 aromatic rings. The summed E-state index contributed by atoms with van der Waals surface area (Å²) in [5.74, 6) is 0. The summed E-state index contributed by atoms with van der Waals surface area (Å²) >= 11 is 3.17. The molecular weight excluding hydrogens is 261 g/mol. The summed E-state index contributed by atoms with van der Waals surface area (Å²) in [5.41, 5.74) is 0.518. The third kappa shape index (κ3) is 2.48. The summed E-state index contributed by atoms with van der Waals surface area (Å²) in [7, 11) is 0. The minimum atomic E-state index is -4.61. The van der Waals surface area contributed by atoms with Crippen LogP contribution in [-0.4, -0.2) is 11.3 Å². The van der Waals surface area contributed by atoms with Crippen molar-refractivity contribution in [3.63, 3.8) is 0 Å². The molecule has 1 aromatic carbocycles. The van der Waals surface area contributed by atoms with Crippen LogP contribution in [0.2, 0.25) is 0 Å². The molecule has 0 aromatic heterocycles. The molecule has 0 aliphatic rings. The lowest BCUT2D eigenvalue weighted by Crippen LogP contribution is -2.20. The van der Waals surface area contributed by atoms with Gasteiger partial charge in [0.15, 0.2) is 6.10 Å². The van der Waals surface area contributed by atoms with E-state index in [1.165, 1.54) is 18.2 Å². The first-order chi connectivity index (χ1) is 6.32. The van der Waals surface area contributed by atoms with E-state index in [0.29, 0.717) is 5.56 Å². The topological polar surface area (TPSA) is 20.2 Å². The van der Waals surface area contributed by atoms with Gasteiger partial charge in [-0.25, -0.2) is 0 Å². The monoisotopic (exact) mass is 268 g/mol. The number of aliphatic hydroxyl groups is 1. The van der Waals surface area contributed by atoms with E-state index >= 15 is 0 Å². The summed E-state index contributed by atoms with van der Waals surface area (Å²) < 4.78 is 37.0. The van der Waals surface area contributed by atoms with Crippen LogP contribution in [-0.2, 0) is 0 Å². The maximum absolute atomic E-state index is 12.1. The Balaban J connectivity index is 3.03. The zero-order chi connectivity index (χ0) is 10.9. The van der Waals surface area contributed by atoms with Gasteiger partial charge in [-0.15, -0.1) is 0 Å². The largest absolute Gasteiger partial charge is 0.418 e. The van der Waals surface area contributed by atoms with Gasteiger partial charge in [-0.1, -0.05) is 28.1 Å². The van der Waals surface area contributed by atoms with Gasteiger partial charge in [0.25, 0.3) is 0 Å². The molecule has 0 radical (unpaired) electrons. The summed E-state index contributed by atoms with van der Waals surface area (Å²) in [6, 6.07) is 4.04. The summed E-state index contributed by atoms with van der Waals surface area (Å²) in [5, 5.41) is 8.93. The van der Waals surface area contributed by atoms with E-state index in [-0.39, 0.29) is 5.56 Å². The zero-order valence-corrected chi connectivity index (χ0v) is 8.85. The molecule has 1 atom stereocenters. The Morgan fingerprint density at radius 3 is 2.36 bits per heavy atom. The number of alkyl halides is 3. The molecule has 1 N–H and O–H groups in total. The van der Waals surface area contributed by atoms with E-state index in [4.69, 9.17) is 5.11 Å². The Kier molecular flexibility index (Phi) is 3.21. The van der Waals surface area contributed by atoms with Gasteiger partial charge < -0.3 is 5.11 Å². The predicted octanol–water partition coefficient (Wildman–Crippen LogP) is 3.35. The number of hydrogen-bond donors (Lipinski definition) is 1. The molecule has 0 fully saturated rings. The highest BCUT2D eigenvalue weighted by Gasteiger charge is 2.39. The summed E-state index contributed by atoms with van der Waals surface area (Å²) in [6.45, 7) is 1.66. The van der Waals surface area contributed by atoms with Crippen molar-refractivity contribution in [2.75, 3.05) is 0 Å². The fraction of sp³-hybridized carbons (Fsp3) is 0.333. The molecule has 0 bridgehead atoms. The molecule has 1 unspecified atom stereocenters. The van der Waals surface area contributed by atoms with Gasteiger partial charge in [-0.2, -0.15) is 13.2 Å². The molecule has 0 amide bonds. The van der Waals surface area contributed by atoms with Crippen molar-refractivity contribution in [2.24, 2.45) is 0 Å². The van der Waals surface area contributed by atoms with E-state index in [1.54, 1.807) is 6.92 Å². The van der Waals surface area contributed by atoms with Gasteiger partial charge in [-0.05, 0) is 24.1 Å². The van der Waals surface area contributed by atoms with Crippen LogP contribution in [0.3, 0.4) is 0 Å². The first-order valence-corrected chi connectivity index (χ1v) is 4.62. The predicted molar refractivity (Wildman–Crippen MR) is 49.9 cm³/mol. The molecule has 0 saturated heterocycles. The smallest absolute Gasteiger partial charge is 0.379 e. The second kappa shape index (κ2) is 3.90. The third-order valence-electron chi connectivity index (χ3n) is 1.81. The molecule has 1 nitrogen and oxygen atoms in total. The summed E-state index contributed by atoms with van der Waals surface area (Å²) in [4.78, 5) is 0. The molecule has 5 heteroatoms. The number of aryl methyl sites for hydroxylation is 1. The van der Waals surface area contributed by atoms with Crippen molar-refractivity contribution in [1.82, 2.24) is 0 Å². The number of hydrogen-bond acceptors (Lipinski definition) is 1. The first kappa shape index (κ1) is 11.5. The lowest BCUT2D eigenvalue weighted by atomic mass is 10.1. The highest BCUT2D eigenvalue weighted by atomic mass is 79.9. The lowest BCUT2D eigenvalue weighted by molar-refractivity contribution is -0.206. The SMILES string of the molecule is Cc1cc(C(O)C(F)(F)F)ccc1Br. The molecule has 1 rings (SSSR count). The van der Waals surface area contributed by atoms with E-state index in [2.05, 4.69) is 15.9 Å². The maximum atomic E-state index is 12.1. The normalized spacial score (nSPS) is 14.1. The van der Waals surface area contributed by atoms with Gasteiger partial charge in [0.1, 0.15) is 0 Å². The quantitative estimate of drug-likeness (QED) is 0.828. The molecule has 0 aliphatic heterocycles. The van der Waals surface area contributed by atoms with Crippen LogP contribution in [0, 0.1) is 6.92 Å². The number of halogens is 4. The average molecular weight is 269 g/mol. The molecule has 78 valence electrons. The van der Waals surface area contributed by atoms with E-state index < -0.39 is 12.3 Å². The second-order valence-electron chi connectivity index (χ2n) is 2.95. The van der Waals surface area contributed by atoms with Crippen LogP contribution in [0.4, 0.5) is 13.2 Å². The van der Waals surface area contributed by atoms with Gasteiger partial charge in [0.2, 0.25) is 0 Å². The third-order valence-corrected chi connectivity index (χ3v) is 2.70. The maximum Gasteiger partial charge on any atom is 0.418 e. The first-order valence-electron chi connectivity index (χ1n) is 3.83. The van der Waals surface area contributed by atoms with Crippen molar-refractivity contribution in [2.45, 2.75) is 19.2 Å². The fourth-order valence-corrected chi connectivity index (χ4v) is 1.27. The number of rotatable bonds is 1. The van der Waals surface area contributed by atoms with Crippen LogP contribution in [0.5, 0.6) is 0 Å². The van der Waals surface area contributed by atoms with Crippen molar-refractivity contribution in [3.8, 4) is 0 Å². The van der Waals surface area contributed by atoms with Crippen molar-refractivity contribution < 1.29 is 18.3 Å². The Bertz CT molecular complexity index is 335. The van der Waals surface area contributed by atoms with Crippen LogP contribution in [0.25, 0.3) is 0 Å². The fourth-order valence-electron chi connectivity index (χ4n) is 1.03. The molecule has 14 heavy (non-hydrogen) atoms. The molecule has 0 aliphatic carbocycles. The summed E-state index contributed by atoms with van der Waals surface area (Å²) in [6.07, 6.45) is -7.02. The van der Waals surface area contributed by atoms with Crippen LogP contribution in [0.1, 0.15) is 17.2 Å². The van der Waals surface area contributed by atoms with E-state index in [9.17, 15) is 13.2 Å². The Morgan fingerprint density at radius 1 is 1.36 bits per heavy atom. The zero-order valence-electron chi connectivity index (χ0n) is 7.27. The Hall–Kier alpha value is -0.550. The molecule has 0 heterocycles. The lowest BCUT2D eigenvalue weighted by Gasteiger charge is -2.15. The molecular formula is C9H8BrF3O. The van der Waals surface area contributed by atoms with Crippen molar-refractivity contribution >= 4 is 15.9 Å². The van der Waals surface area contributed by atoms with Gasteiger partial charge in [0.05, 0.1) is 0 Å². The van der Waals surface area contributed by atoms with E-state index in [0.717, 1.165) is 4.47 Å². The van der Waals surface area contributed by atoms with Crippen molar-refractivity contribution in [3.05, 3.63) is 33.8 Å². The minimum absolute atomic E-state index is 0.141. The van der Waals surface area contributed by atoms with Crippen LogP contribution in [0.15, 0.2) is 22.7 Å². The molecule has 0 spiro atoms. The van der Waals surface area contributed by atoms with Crippen molar-refractivity contribution in [1.29, 1.82) is 0 Å². The molecule has 0 saturated carbocycles. The van der Waals surface area contributed by atoms with Gasteiger partial charge >= 0.3 is 6.18 Å². The van der Waals surface area contributed by atoms with Gasteiger partial charge in [0, 0.05) is 4.47 Å². The standard InChI is InChI=1S/C9H8BrF3O/c1-5-4-6(2-3-7(5)10)8(14)9(11,12)13/h2-4,8,14H,1H3. The average Bonchev–Trinajstić information content (AvgIpc) is 2.07. The minimum Gasteiger partial charge on any atom is -0.379 e. The Labute approximate surface area is 87.7 Å². The number of aliphatic hydroxyl groups excluding tert-OH is 1. The van der Waals surface area contributed by atoms with Crippen LogP contribution >= 0.6 is 15.9 Å². The highest BCUT2D eigenvalue weighted by Crippen LogP contribution is 2.33. The van der Waals surface area contributed by atoms with Gasteiger partial charge in [-0.3, -0.25) is 0 Å². The second-order valence-corrected chi connectivity index (χ2v) is 3.81. The Morgan fingerprint density at radius 2 is 1.93 bits per heavy atom. The number of benzene rings is 1. The van der Waals surface area contributed by atoms with E-state index in [1.807, 2.05) is 0 Å². The highest BCUT2D eigenvalue weighted by molar-refractivity contribution is 9.10. The van der Waals surface area contributed by atoms with Crippen LogP contribution < -0.4 is 0 Å².